The SMILES string of the molecule is CCOc1ccc(C[NH+](C)CN2C(=O)C(=O)N(C3CCCC3)C2=O)cc1OC. The first-order chi connectivity index (χ1) is 13.5. The maximum absolute atomic E-state index is 12.7. The van der Waals surface area contributed by atoms with E-state index in [9.17, 15) is 14.4 Å². The number of hydrogen-bond acceptors (Lipinski definition) is 5. The molecule has 1 aromatic carbocycles. The summed E-state index contributed by atoms with van der Waals surface area (Å²) in [7, 11) is 3.47. The highest BCUT2D eigenvalue weighted by molar-refractivity contribution is 6.44. The number of benzene rings is 1. The lowest BCUT2D eigenvalue weighted by atomic mass is 10.2. The van der Waals surface area contributed by atoms with Crippen molar-refractivity contribution in [2.24, 2.45) is 0 Å². The molecule has 2 fully saturated rings. The van der Waals surface area contributed by atoms with Crippen molar-refractivity contribution in [1.82, 2.24) is 9.80 Å². The third kappa shape index (κ3) is 3.96. The number of nitrogens with one attached hydrogen (secondary N) is 1. The van der Waals surface area contributed by atoms with Crippen LogP contribution < -0.4 is 14.4 Å². The lowest BCUT2D eigenvalue weighted by Gasteiger charge is -2.23. The van der Waals surface area contributed by atoms with Crippen molar-refractivity contribution in [2.45, 2.75) is 45.2 Å². The Bertz CT molecular complexity index is 760. The van der Waals surface area contributed by atoms with E-state index in [4.69, 9.17) is 9.47 Å². The Morgan fingerprint density at radius 1 is 1.11 bits per heavy atom. The topological polar surface area (TPSA) is 80.6 Å². The van der Waals surface area contributed by atoms with Gasteiger partial charge in [0.15, 0.2) is 18.2 Å². The molecular weight excluding hydrogens is 362 g/mol. The van der Waals surface area contributed by atoms with Crippen molar-refractivity contribution in [2.75, 3.05) is 27.4 Å². The van der Waals surface area contributed by atoms with Crippen molar-refractivity contribution in [1.29, 1.82) is 0 Å². The second-order valence-corrected chi connectivity index (χ2v) is 7.34. The standard InChI is InChI=1S/C20H27N3O5/c1-4-28-16-10-9-14(11-17(16)27-3)12-21(2)13-22-18(24)19(25)23(20(22)26)15-7-5-6-8-15/h9-11,15H,4-8,12-13H2,1-3H3/p+1. The van der Waals surface area contributed by atoms with Gasteiger partial charge in [-0.3, -0.25) is 14.5 Å². The highest BCUT2D eigenvalue weighted by atomic mass is 16.5. The van der Waals surface area contributed by atoms with Crippen LogP contribution in [0.5, 0.6) is 11.5 Å². The van der Waals surface area contributed by atoms with Crippen molar-refractivity contribution in [3.63, 3.8) is 0 Å². The molecule has 2 aliphatic rings. The summed E-state index contributed by atoms with van der Waals surface area (Å²) < 4.78 is 10.9. The fourth-order valence-electron chi connectivity index (χ4n) is 3.92. The van der Waals surface area contributed by atoms with Crippen LogP contribution in [0.25, 0.3) is 0 Å². The van der Waals surface area contributed by atoms with Crippen molar-refractivity contribution >= 4 is 17.8 Å². The van der Waals surface area contributed by atoms with Crippen LogP contribution in [0.4, 0.5) is 4.79 Å². The minimum Gasteiger partial charge on any atom is -0.493 e. The number of urea groups is 1. The monoisotopic (exact) mass is 390 g/mol. The van der Waals surface area contributed by atoms with Gasteiger partial charge in [-0.05, 0) is 38.0 Å². The molecule has 1 saturated carbocycles. The van der Waals surface area contributed by atoms with Gasteiger partial charge in [-0.15, -0.1) is 0 Å². The Kier molecular flexibility index (Phi) is 6.18. The second-order valence-electron chi connectivity index (χ2n) is 7.34. The average Bonchev–Trinajstić information content (AvgIpc) is 3.26. The molecule has 0 spiro atoms. The molecule has 1 aliphatic carbocycles. The largest absolute Gasteiger partial charge is 0.493 e. The molecular formula is C20H28N3O5+. The first-order valence-electron chi connectivity index (χ1n) is 9.76. The van der Waals surface area contributed by atoms with E-state index in [2.05, 4.69) is 0 Å². The Morgan fingerprint density at radius 3 is 2.46 bits per heavy atom. The molecule has 28 heavy (non-hydrogen) atoms. The molecule has 8 heteroatoms. The van der Waals surface area contributed by atoms with Crippen LogP contribution in [0.2, 0.25) is 0 Å². The Morgan fingerprint density at radius 2 is 1.82 bits per heavy atom. The third-order valence-corrected chi connectivity index (χ3v) is 5.24. The van der Waals surface area contributed by atoms with Crippen LogP contribution in [-0.2, 0) is 16.1 Å². The van der Waals surface area contributed by atoms with E-state index in [1.807, 2.05) is 32.2 Å². The maximum Gasteiger partial charge on any atom is 0.338 e. The van der Waals surface area contributed by atoms with Gasteiger partial charge in [0, 0.05) is 11.6 Å². The summed E-state index contributed by atoms with van der Waals surface area (Å²) >= 11 is 0. The summed E-state index contributed by atoms with van der Waals surface area (Å²) in [5, 5.41) is 0. The van der Waals surface area contributed by atoms with E-state index in [0.29, 0.717) is 24.7 Å². The number of ether oxygens (including phenoxy) is 2. The van der Waals surface area contributed by atoms with E-state index in [0.717, 1.165) is 41.0 Å². The third-order valence-electron chi connectivity index (χ3n) is 5.24. The summed E-state index contributed by atoms with van der Waals surface area (Å²) in [6.45, 7) is 3.16. The van der Waals surface area contributed by atoms with Crippen LogP contribution in [0.3, 0.4) is 0 Å². The molecule has 8 nitrogen and oxygen atoms in total. The van der Waals surface area contributed by atoms with Crippen LogP contribution in [0, 0.1) is 0 Å². The predicted octanol–water partition coefficient (Wildman–Crippen LogP) is 0.800. The molecule has 4 amide bonds. The first kappa shape index (κ1) is 20.1. The van der Waals surface area contributed by atoms with Gasteiger partial charge in [0.1, 0.15) is 6.54 Å². The van der Waals surface area contributed by atoms with Gasteiger partial charge in [0.2, 0.25) is 0 Å². The van der Waals surface area contributed by atoms with Crippen molar-refractivity contribution in [3.05, 3.63) is 23.8 Å². The molecule has 1 heterocycles. The van der Waals surface area contributed by atoms with Gasteiger partial charge in [-0.1, -0.05) is 12.8 Å². The van der Waals surface area contributed by atoms with Crippen LogP contribution >= 0.6 is 0 Å². The smallest absolute Gasteiger partial charge is 0.338 e. The molecule has 1 N–H and O–H groups in total. The van der Waals surface area contributed by atoms with E-state index in [1.54, 1.807) is 7.11 Å². The Balaban J connectivity index is 1.66. The van der Waals surface area contributed by atoms with Gasteiger partial charge < -0.3 is 14.4 Å². The molecule has 0 bridgehead atoms. The van der Waals surface area contributed by atoms with Gasteiger partial charge >= 0.3 is 17.8 Å². The van der Waals surface area contributed by atoms with Crippen LogP contribution in [0.1, 0.15) is 38.2 Å². The Labute approximate surface area is 165 Å². The quantitative estimate of drug-likeness (QED) is 0.525. The number of nitrogens with zero attached hydrogens (tertiary/aromatic N) is 2. The highest BCUT2D eigenvalue weighted by Gasteiger charge is 2.49. The summed E-state index contributed by atoms with van der Waals surface area (Å²) in [5.74, 6) is -0.0925. The number of methoxy groups -OCH3 is 1. The molecule has 1 saturated heterocycles. The zero-order valence-corrected chi connectivity index (χ0v) is 16.7. The van der Waals surface area contributed by atoms with Gasteiger partial charge in [-0.2, -0.15) is 0 Å². The molecule has 1 aromatic rings. The lowest BCUT2D eigenvalue weighted by molar-refractivity contribution is -0.901. The number of hydrogen-bond donors (Lipinski definition) is 1. The van der Waals surface area contributed by atoms with Crippen LogP contribution in [0.15, 0.2) is 18.2 Å². The minimum atomic E-state index is -0.722. The summed E-state index contributed by atoms with van der Waals surface area (Å²) in [6.07, 6.45) is 3.54. The summed E-state index contributed by atoms with van der Waals surface area (Å²) in [6, 6.07) is 5.05. The fourth-order valence-corrected chi connectivity index (χ4v) is 3.92. The number of quaternary nitrogens is 1. The molecule has 152 valence electrons. The first-order valence-corrected chi connectivity index (χ1v) is 9.76. The minimum absolute atomic E-state index is 0.135. The van der Waals surface area contributed by atoms with Crippen LogP contribution in [-0.4, -0.2) is 61.1 Å². The van der Waals surface area contributed by atoms with E-state index >= 15 is 0 Å². The predicted molar refractivity (Wildman–Crippen MR) is 101 cm³/mol. The molecule has 3 rings (SSSR count). The van der Waals surface area contributed by atoms with Gasteiger partial charge in [0.05, 0.1) is 20.8 Å². The number of carbonyl (C=O) groups is 3. The van der Waals surface area contributed by atoms with Gasteiger partial charge in [0.25, 0.3) is 0 Å². The second kappa shape index (κ2) is 8.60. The molecule has 1 aliphatic heterocycles. The number of rotatable bonds is 8. The van der Waals surface area contributed by atoms with Gasteiger partial charge in [-0.25, -0.2) is 9.69 Å². The molecule has 1 atom stereocenters. The van der Waals surface area contributed by atoms with E-state index in [1.165, 1.54) is 4.90 Å². The average molecular weight is 390 g/mol. The Hall–Kier alpha value is -2.61. The van der Waals surface area contributed by atoms with Crippen molar-refractivity contribution < 1.29 is 28.8 Å². The van der Waals surface area contributed by atoms with Crippen molar-refractivity contribution in [3.8, 4) is 11.5 Å². The molecule has 0 aromatic heterocycles. The van der Waals surface area contributed by atoms with E-state index in [-0.39, 0.29) is 12.7 Å². The summed E-state index contributed by atoms with van der Waals surface area (Å²) in [5.41, 5.74) is 0.982. The summed E-state index contributed by atoms with van der Waals surface area (Å²) in [4.78, 5) is 40.5. The number of amides is 4. The normalized spacial score (nSPS) is 18.9. The highest BCUT2D eigenvalue weighted by Crippen LogP contribution is 2.28. The molecule has 1 unspecified atom stereocenters. The maximum atomic E-state index is 12.7. The lowest BCUT2D eigenvalue weighted by Crippen LogP contribution is -3.09. The molecule has 0 radical (unpaired) electrons. The number of imide groups is 2. The fraction of sp³-hybridized carbons (Fsp3) is 0.550. The number of carbonyl (C=O) groups excluding carboxylic acids is 3. The zero-order chi connectivity index (χ0) is 20.3. The zero-order valence-electron chi connectivity index (χ0n) is 16.7. The van der Waals surface area contributed by atoms with E-state index < -0.39 is 17.8 Å².